The Balaban J connectivity index is 4.88. The molecular formula is C11H18N2. The Hall–Kier alpha value is -1.31. The summed E-state index contributed by atoms with van der Waals surface area (Å²) in [4.78, 5) is 4.14. The summed E-state index contributed by atoms with van der Waals surface area (Å²) < 4.78 is 0. The molecule has 0 atom stereocenters. The highest BCUT2D eigenvalue weighted by Crippen LogP contribution is 2.06. The fraction of sp³-hybridized carbons (Fsp3) is 0.364. The van der Waals surface area contributed by atoms with E-state index in [0.717, 1.165) is 17.1 Å². The van der Waals surface area contributed by atoms with E-state index in [4.69, 9.17) is 0 Å². The van der Waals surface area contributed by atoms with Gasteiger partial charge in [-0.2, -0.15) is 0 Å². The molecule has 0 aliphatic carbocycles. The van der Waals surface area contributed by atoms with Crippen molar-refractivity contribution in [2.24, 2.45) is 4.99 Å². The van der Waals surface area contributed by atoms with Crippen LogP contribution in [0.15, 0.2) is 41.1 Å². The molecule has 2 heteroatoms. The van der Waals surface area contributed by atoms with Gasteiger partial charge in [0.2, 0.25) is 0 Å². The second-order valence-electron chi connectivity index (χ2n) is 3.10. The molecule has 0 saturated carbocycles. The first-order valence-corrected chi connectivity index (χ1v) is 4.22. The SMILES string of the molecule is C=CC(C(=NC)NC(=C)C)=C(C)C. The van der Waals surface area contributed by atoms with Gasteiger partial charge in [0.25, 0.3) is 0 Å². The average molecular weight is 178 g/mol. The molecule has 0 fully saturated rings. The van der Waals surface area contributed by atoms with Crippen LogP contribution < -0.4 is 5.32 Å². The lowest BCUT2D eigenvalue weighted by atomic mass is 10.1. The minimum Gasteiger partial charge on any atom is -0.344 e. The topological polar surface area (TPSA) is 24.4 Å². The molecule has 0 radical (unpaired) electrons. The van der Waals surface area contributed by atoms with Gasteiger partial charge in [-0.05, 0) is 20.8 Å². The van der Waals surface area contributed by atoms with Crippen molar-refractivity contribution in [1.29, 1.82) is 0 Å². The standard InChI is InChI=1S/C11H18N2/c1-7-10(8(2)3)11(12-6)13-9(4)5/h7H,1,4H2,2-3,5-6H3,(H,12,13). The van der Waals surface area contributed by atoms with Crippen LogP contribution in [0.4, 0.5) is 0 Å². The maximum absolute atomic E-state index is 4.14. The highest BCUT2D eigenvalue weighted by Gasteiger charge is 2.03. The molecular weight excluding hydrogens is 160 g/mol. The van der Waals surface area contributed by atoms with Crippen molar-refractivity contribution in [3.05, 3.63) is 36.1 Å². The molecule has 0 saturated heterocycles. The molecule has 72 valence electrons. The van der Waals surface area contributed by atoms with Gasteiger partial charge in [-0.3, -0.25) is 4.99 Å². The first kappa shape index (κ1) is 11.7. The zero-order valence-corrected chi connectivity index (χ0v) is 8.94. The lowest BCUT2D eigenvalue weighted by Gasteiger charge is -2.10. The lowest BCUT2D eigenvalue weighted by Crippen LogP contribution is -2.22. The molecule has 2 nitrogen and oxygen atoms in total. The number of nitrogens with zero attached hydrogens (tertiary/aromatic N) is 1. The Kier molecular flexibility index (Phi) is 4.82. The highest BCUT2D eigenvalue weighted by molar-refractivity contribution is 6.02. The predicted octanol–water partition coefficient (Wildman–Crippen LogP) is 2.66. The molecule has 1 N–H and O–H groups in total. The molecule has 0 rings (SSSR count). The van der Waals surface area contributed by atoms with Gasteiger partial charge < -0.3 is 5.32 Å². The van der Waals surface area contributed by atoms with Gasteiger partial charge in [0, 0.05) is 18.3 Å². The number of aliphatic imine (C=N–C) groups is 1. The van der Waals surface area contributed by atoms with E-state index in [9.17, 15) is 0 Å². The van der Waals surface area contributed by atoms with E-state index < -0.39 is 0 Å². The van der Waals surface area contributed by atoms with Crippen LogP contribution in [-0.4, -0.2) is 12.9 Å². The van der Waals surface area contributed by atoms with Gasteiger partial charge in [0.15, 0.2) is 0 Å². The Labute approximate surface area is 80.8 Å². The highest BCUT2D eigenvalue weighted by atomic mass is 15.0. The van der Waals surface area contributed by atoms with Crippen LogP contribution in [0.5, 0.6) is 0 Å². The lowest BCUT2D eigenvalue weighted by molar-refractivity contribution is 1.10. The summed E-state index contributed by atoms with van der Waals surface area (Å²) in [6, 6.07) is 0. The third kappa shape index (κ3) is 3.74. The molecule has 0 bridgehead atoms. The van der Waals surface area contributed by atoms with Crippen LogP contribution in [0.2, 0.25) is 0 Å². The van der Waals surface area contributed by atoms with Crippen LogP contribution in [0.25, 0.3) is 0 Å². The van der Waals surface area contributed by atoms with Crippen LogP contribution >= 0.6 is 0 Å². The van der Waals surface area contributed by atoms with Crippen LogP contribution in [0, 0.1) is 0 Å². The van der Waals surface area contributed by atoms with Gasteiger partial charge in [0.05, 0.1) is 0 Å². The van der Waals surface area contributed by atoms with Crippen LogP contribution in [-0.2, 0) is 0 Å². The minimum absolute atomic E-state index is 0.822. The monoisotopic (exact) mass is 178 g/mol. The van der Waals surface area contributed by atoms with Crippen molar-refractivity contribution < 1.29 is 0 Å². The third-order valence-electron chi connectivity index (χ3n) is 1.55. The number of amidine groups is 1. The maximum Gasteiger partial charge on any atom is 0.132 e. The summed E-state index contributed by atoms with van der Waals surface area (Å²) in [5.74, 6) is 0.822. The Morgan fingerprint density at radius 3 is 2.08 bits per heavy atom. The molecule has 0 heterocycles. The Bertz CT molecular complexity index is 266. The van der Waals surface area contributed by atoms with Gasteiger partial charge in [-0.15, -0.1) is 0 Å². The van der Waals surface area contributed by atoms with Crippen molar-refractivity contribution in [1.82, 2.24) is 5.32 Å². The normalized spacial score (nSPS) is 10.6. The van der Waals surface area contributed by atoms with Crippen molar-refractivity contribution in [3.8, 4) is 0 Å². The van der Waals surface area contributed by atoms with Gasteiger partial charge in [0.1, 0.15) is 5.84 Å². The van der Waals surface area contributed by atoms with E-state index in [1.54, 1.807) is 13.1 Å². The second-order valence-corrected chi connectivity index (χ2v) is 3.10. The fourth-order valence-electron chi connectivity index (χ4n) is 0.983. The molecule has 0 spiro atoms. The Morgan fingerprint density at radius 2 is 1.85 bits per heavy atom. The van der Waals surface area contributed by atoms with Crippen LogP contribution in [0.1, 0.15) is 20.8 Å². The predicted molar refractivity (Wildman–Crippen MR) is 59.9 cm³/mol. The number of allylic oxidation sites excluding steroid dienone is 2. The number of rotatable bonds is 3. The first-order valence-electron chi connectivity index (χ1n) is 4.22. The second kappa shape index (κ2) is 5.36. The van der Waals surface area contributed by atoms with Crippen molar-refractivity contribution in [3.63, 3.8) is 0 Å². The van der Waals surface area contributed by atoms with E-state index in [0.29, 0.717) is 0 Å². The van der Waals surface area contributed by atoms with E-state index >= 15 is 0 Å². The summed E-state index contributed by atoms with van der Waals surface area (Å²) in [6.07, 6.45) is 1.80. The third-order valence-corrected chi connectivity index (χ3v) is 1.55. The van der Waals surface area contributed by atoms with Crippen molar-refractivity contribution >= 4 is 5.84 Å². The summed E-state index contributed by atoms with van der Waals surface area (Å²) >= 11 is 0. The molecule has 0 aliphatic heterocycles. The largest absolute Gasteiger partial charge is 0.344 e. The molecule has 0 amide bonds. The van der Waals surface area contributed by atoms with Gasteiger partial charge in [-0.1, -0.05) is 24.8 Å². The van der Waals surface area contributed by atoms with Gasteiger partial charge in [-0.25, -0.2) is 0 Å². The first-order chi connectivity index (χ1) is 6.02. The summed E-state index contributed by atoms with van der Waals surface area (Å²) in [5.41, 5.74) is 3.09. The summed E-state index contributed by atoms with van der Waals surface area (Å²) in [5, 5.41) is 3.09. The molecule has 0 unspecified atom stereocenters. The molecule has 13 heavy (non-hydrogen) atoms. The molecule has 0 aromatic rings. The van der Waals surface area contributed by atoms with E-state index in [-0.39, 0.29) is 0 Å². The zero-order chi connectivity index (χ0) is 10.4. The smallest absolute Gasteiger partial charge is 0.132 e. The molecule has 0 aromatic heterocycles. The van der Waals surface area contributed by atoms with Crippen molar-refractivity contribution in [2.75, 3.05) is 7.05 Å². The number of hydrogen-bond acceptors (Lipinski definition) is 1. The van der Waals surface area contributed by atoms with E-state index in [1.165, 1.54) is 5.57 Å². The molecule has 0 aromatic carbocycles. The Morgan fingerprint density at radius 1 is 1.31 bits per heavy atom. The van der Waals surface area contributed by atoms with E-state index in [2.05, 4.69) is 23.5 Å². The fourth-order valence-corrected chi connectivity index (χ4v) is 0.983. The average Bonchev–Trinajstić information content (AvgIpc) is 2.02. The van der Waals surface area contributed by atoms with E-state index in [1.807, 2.05) is 20.8 Å². The zero-order valence-electron chi connectivity index (χ0n) is 8.94. The van der Waals surface area contributed by atoms with Crippen LogP contribution in [0.3, 0.4) is 0 Å². The minimum atomic E-state index is 0.822. The summed E-state index contributed by atoms with van der Waals surface area (Å²) in [7, 11) is 1.75. The summed E-state index contributed by atoms with van der Waals surface area (Å²) in [6.45, 7) is 13.5. The molecule has 0 aliphatic rings. The quantitative estimate of drug-likeness (QED) is 0.401. The van der Waals surface area contributed by atoms with Crippen molar-refractivity contribution in [2.45, 2.75) is 20.8 Å². The number of nitrogens with one attached hydrogen (secondary N) is 1. The van der Waals surface area contributed by atoms with Gasteiger partial charge >= 0.3 is 0 Å². The number of hydrogen-bond donors (Lipinski definition) is 1. The maximum atomic E-state index is 4.14.